The first-order valence-electron chi connectivity index (χ1n) is 10.9. The molecule has 0 unspecified atom stereocenters. The molecule has 2 heterocycles. The second kappa shape index (κ2) is 10.5. The minimum Gasteiger partial charge on any atom is -0.457 e. The Labute approximate surface area is 196 Å². The zero-order valence-electron chi connectivity index (χ0n) is 18.8. The number of nitrogens with two attached hydrogens (primary N) is 1. The van der Waals surface area contributed by atoms with Crippen LogP contribution in [0, 0.1) is 6.92 Å². The van der Waals surface area contributed by atoms with Crippen LogP contribution in [0.5, 0.6) is 0 Å². The van der Waals surface area contributed by atoms with Crippen LogP contribution in [0.2, 0.25) is 0 Å². The largest absolute Gasteiger partial charge is 0.457 e. The van der Waals surface area contributed by atoms with Crippen LogP contribution < -0.4 is 11.1 Å². The van der Waals surface area contributed by atoms with Gasteiger partial charge in [0.15, 0.2) is 12.4 Å². The molecule has 0 atom stereocenters. The number of aromatic nitrogens is 3. The Hall–Kier alpha value is -4.34. The summed E-state index contributed by atoms with van der Waals surface area (Å²) in [6, 6.07) is 17.4. The van der Waals surface area contributed by atoms with Gasteiger partial charge in [0.25, 0.3) is 0 Å². The van der Waals surface area contributed by atoms with Gasteiger partial charge in [-0.05, 0) is 24.6 Å². The number of rotatable bonds is 8. The highest BCUT2D eigenvalue weighted by molar-refractivity contribution is 6.02. The molecule has 174 valence electrons. The summed E-state index contributed by atoms with van der Waals surface area (Å²) < 4.78 is 5.23. The van der Waals surface area contributed by atoms with Gasteiger partial charge in [-0.25, -0.2) is 5.01 Å². The van der Waals surface area contributed by atoms with Gasteiger partial charge in [0.05, 0.1) is 18.7 Å². The van der Waals surface area contributed by atoms with Crippen molar-refractivity contribution in [2.45, 2.75) is 32.8 Å². The Kier molecular flexibility index (Phi) is 7.07. The van der Waals surface area contributed by atoms with Gasteiger partial charge in [0.1, 0.15) is 0 Å². The molecular weight excluding hydrogens is 434 g/mol. The lowest BCUT2D eigenvalue weighted by Crippen LogP contribution is -2.24. The van der Waals surface area contributed by atoms with Gasteiger partial charge in [0.2, 0.25) is 17.8 Å². The second-order valence-electron chi connectivity index (χ2n) is 7.76. The van der Waals surface area contributed by atoms with Gasteiger partial charge < -0.3 is 15.8 Å². The molecule has 1 aliphatic rings. The quantitative estimate of drug-likeness (QED) is 0.491. The molecule has 10 heteroatoms. The molecule has 1 aromatic heterocycles. The fraction of sp³-hybridized carbons (Fsp3) is 0.250. The van der Waals surface area contributed by atoms with E-state index in [1.54, 1.807) is 0 Å². The van der Waals surface area contributed by atoms with E-state index < -0.39 is 5.97 Å². The fourth-order valence-electron chi connectivity index (χ4n) is 3.35. The first kappa shape index (κ1) is 22.8. The van der Waals surface area contributed by atoms with E-state index in [1.165, 1.54) is 5.01 Å². The first-order chi connectivity index (χ1) is 16.5. The molecule has 0 bridgehead atoms. The molecule has 4 rings (SSSR count). The SMILES string of the molecule is Cc1ccc(Nc2nc(N)nc(COC(=O)CCC(=O)N3CCC(c4ccccc4)=N3)n2)cc1. The average molecular weight is 460 g/mol. The third-order valence-corrected chi connectivity index (χ3v) is 5.11. The molecule has 3 N–H and O–H groups in total. The lowest BCUT2D eigenvalue weighted by molar-refractivity contribution is -0.147. The lowest BCUT2D eigenvalue weighted by atomic mass is 10.1. The smallest absolute Gasteiger partial charge is 0.306 e. The number of carbonyl (C=O) groups excluding carboxylic acids is 2. The summed E-state index contributed by atoms with van der Waals surface area (Å²) in [7, 11) is 0. The average Bonchev–Trinajstić information content (AvgIpc) is 3.33. The fourth-order valence-corrected chi connectivity index (χ4v) is 3.35. The summed E-state index contributed by atoms with van der Waals surface area (Å²) in [6.45, 7) is 2.31. The van der Waals surface area contributed by atoms with Crippen LogP contribution in [0.1, 0.15) is 36.2 Å². The maximum atomic E-state index is 12.4. The standard InChI is InChI=1S/C24H25N7O3/c1-16-7-9-18(10-8-16)26-24-28-20(27-23(25)29-24)15-34-22(33)12-11-21(32)31-14-13-19(30-31)17-5-3-2-4-6-17/h2-10H,11-15H2,1H3,(H3,25,26,27,28,29). The predicted octanol–water partition coefficient (Wildman–Crippen LogP) is 2.97. The summed E-state index contributed by atoms with van der Waals surface area (Å²) in [4.78, 5) is 36.9. The van der Waals surface area contributed by atoms with Crippen LogP contribution in [0.25, 0.3) is 0 Å². The highest BCUT2D eigenvalue weighted by Gasteiger charge is 2.22. The van der Waals surface area contributed by atoms with E-state index in [0.717, 1.165) is 22.5 Å². The Morgan fingerprint density at radius 1 is 1.03 bits per heavy atom. The maximum absolute atomic E-state index is 12.4. The van der Waals surface area contributed by atoms with Gasteiger partial charge >= 0.3 is 5.97 Å². The molecule has 3 aromatic rings. The lowest BCUT2D eigenvalue weighted by Gasteiger charge is -2.11. The monoisotopic (exact) mass is 459 g/mol. The Morgan fingerprint density at radius 3 is 2.56 bits per heavy atom. The van der Waals surface area contributed by atoms with Crippen molar-refractivity contribution in [1.29, 1.82) is 0 Å². The maximum Gasteiger partial charge on any atom is 0.306 e. The molecule has 34 heavy (non-hydrogen) atoms. The number of nitrogen functional groups attached to an aromatic ring is 1. The molecular formula is C24H25N7O3. The number of ether oxygens (including phenoxy) is 1. The number of nitrogens with zero attached hydrogens (tertiary/aromatic N) is 5. The normalized spacial score (nSPS) is 12.9. The number of esters is 1. The number of anilines is 3. The number of nitrogens with one attached hydrogen (secondary N) is 1. The van der Waals surface area contributed by atoms with Crippen molar-refractivity contribution in [2.75, 3.05) is 17.6 Å². The molecule has 1 aliphatic heterocycles. The van der Waals surface area contributed by atoms with Crippen molar-refractivity contribution in [2.24, 2.45) is 5.10 Å². The van der Waals surface area contributed by atoms with Crippen LogP contribution in [-0.4, -0.2) is 44.1 Å². The van der Waals surface area contributed by atoms with Gasteiger partial charge in [-0.3, -0.25) is 9.59 Å². The second-order valence-corrected chi connectivity index (χ2v) is 7.76. The Morgan fingerprint density at radius 2 is 1.79 bits per heavy atom. The van der Waals surface area contributed by atoms with E-state index in [9.17, 15) is 9.59 Å². The van der Waals surface area contributed by atoms with Crippen molar-refractivity contribution in [3.63, 3.8) is 0 Å². The molecule has 0 radical (unpaired) electrons. The van der Waals surface area contributed by atoms with Crippen molar-refractivity contribution in [1.82, 2.24) is 20.0 Å². The Balaban J connectivity index is 1.26. The highest BCUT2D eigenvalue weighted by atomic mass is 16.5. The molecule has 1 amide bonds. The summed E-state index contributed by atoms with van der Waals surface area (Å²) in [5, 5.41) is 8.84. The van der Waals surface area contributed by atoms with Gasteiger partial charge in [-0.1, -0.05) is 48.0 Å². The van der Waals surface area contributed by atoms with Crippen LogP contribution in [0.3, 0.4) is 0 Å². The molecule has 0 saturated carbocycles. The molecule has 2 aromatic carbocycles. The van der Waals surface area contributed by atoms with Crippen LogP contribution >= 0.6 is 0 Å². The Bertz CT molecular complexity index is 1200. The molecule has 0 spiro atoms. The molecule has 0 aliphatic carbocycles. The zero-order chi connectivity index (χ0) is 23.9. The predicted molar refractivity (Wildman–Crippen MR) is 127 cm³/mol. The van der Waals surface area contributed by atoms with Gasteiger partial charge in [-0.2, -0.15) is 20.1 Å². The number of benzene rings is 2. The third kappa shape index (κ3) is 6.12. The van der Waals surface area contributed by atoms with Crippen LogP contribution in [0.4, 0.5) is 17.6 Å². The van der Waals surface area contributed by atoms with E-state index >= 15 is 0 Å². The van der Waals surface area contributed by atoms with Crippen LogP contribution in [0.15, 0.2) is 59.7 Å². The first-order valence-corrected chi connectivity index (χ1v) is 10.9. The van der Waals surface area contributed by atoms with E-state index in [1.807, 2.05) is 61.5 Å². The number of hydrogen-bond donors (Lipinski definition) is 2. The molecule has 0 saturated heterocycles. The number of amides is 1. The summed E-state index contributed by atoms with van der Waals surface area (Å²) in [6.07, 6.45) is 0.616. The van der Waals surface area contributed by atoms with Crippen molar-refractivity contribution in [3.8, 4) is 0 Å². The molecule has 10 nitrogen and oxygen atoms in total. The summed E-state index contributed by atoms with van der Waals surface area (Å²) in [5.74, 6) is -0.298. The van der Waals surface area contributed by atoms with Gasteiger partial charge in [-0.15, -0.1) is 0 Å². The summed E-state index contributed by atoms with van der Waals surface area (Å²) >= 11 is 0. The molecule has 0 fully saturated rings. The van der Waals surface area contributed by atoms with Gasteiger partial charge in [0, 0.05) is 18.5 Å². The number of hydrazone groups is 1. The zero-order valence-corrected chi connectivity index (χ0v) is 18.8. The van der Waals surface area contributed by atoms with E-state index in [2.05, 4.69) is 25.4 Å². The van der Waals surface area contributed by atoms with Crippen molar-refractivity contribution >= 4 is 35.2 Å². The van der Waals surface area contributed by atoms with Crippen LogP contribution in [-0.2, 0) is 20.9 Å². The number of aryl methyl sites for hydroxylation is 1. The highest BCUT2D eigenvalue weighted by Crippen LogP contribution is 2.16. The van der Waals surface area contributed by atoms with Crippen molar-refractivity contribution in [3.05, 3.63) is 71.5 Å². The third-order valence-electron chi connectivity index (χ3n) is 5.11. The number of carbonyl (C=O) groups is 2. The minimum absolute atomic E-state index is 0.00394. The van der Waals surface area contributed by atoms with E-state index in [4.69, 9.17) is 10.5 Å². The topological polar surface area (TPSA) is 136 Å². The van der Waals surface area contributed by atoms with E-state index in [0.29, 0.717) is 13.0 Å². The number of hydrogen-bond acceptors (Lipinski definition) is 9. The van der Waals surface area contributed by atoms with E-state index in [-0.39, 0.29) is 43.1 Å². The summed E-state index contributed by atoms with van der Waals surface area (Å²) in [5.41, 5.74) is 9.53. The van der Waals surface area contributed by atoms with Crippen molar-refractivity contribution < 1.29 is 14.3 Å². The minimum atomic E-state index is -0.535.